The second-order valence-corrected chi connectivity index (χ2v) is 6.81. The fraction of sp³-hybridized carbons (Fsp3) is 0.167. The highest BCUT2D eigenvalue weighted by molar-refractivity contribution is 9.10. The summed E-state index contributed by atoms with van der Waals surface area (Å²) >= 11 is 5.17. The third kappa shape index (κ3) is 2.99. The Morgan fingerprint density at radius 2 is 1.52 bits per heavy atom. The van der Waals surface area contributed by atoms with Crippen molar-refractivity contribution in [1.29, 1.82) is 0 Å². The van der Waals surface area contributed by atoms with E-state index in [0.717, 1.165) is 27.6 Å². The number of rotatable bonds is 3. The Labute approximate surface area is 137 Å². The zero-order chi connectivity index (χ0) is 14.8. The lowest BCUT2D eigenvalue weighted by Gasteiger charge is -2.08. The molecule has 21 heavy (non-hydrogen) atoms. The number of hydrogen-bond donors (Lipinski definition) is 0. The Morgan fingerprint density at radius 3 is 2.14 bits per heavy atom. The van der Waals surface area contributed by atoms with Crippen LogP contribution in [0.2, 0.25) is 0 Å². The van der Waals surface area contributed by atoms with Crippen molar-refractivity contribution < 1.29 is 4.79 Å². The predicted molar refractivity (Wildman–Crippen MR) is 93.4 cm³/mol. The lowest BCUT2D eigenvalue weighted by molar-refractivity contribution is -0.113. The molecule has 0 saturated carbocycles. The predicted octanol–water partition coefficient (Wildman–Crippen LogP) is 5.44. The molecule has 1 nitrogen and oxygen atoms in total. The molecule has 0 unspecified atom stereocenters. The van der Waals surface area contributed by atoms with Gasteiger partial charge in [0.15, 0.2) is 5.78 Å². The molecule has 0 aromatic heterocycles. The van der Waals surface area contributed by atoms with Crippen LogP contribution in [0, 0.1) is 0 Å². The van der Waals surface area contributed by atoms with Crippen molar-refractivity contribution in [2.75, 3.05) is 6.26 Å². The molecule has 0 fully saturated rings. The van der Waals surface area contributed by atoms with E-state index in [1.807, 2.05) is 24.3 Å². The first-order chi connectivity index (χ1) is 10.2. The van der Waals surface area contributed by atoms with Gasteiger partial charge in [0.25, 0.3) is 0 Å². The standard InChI is InChI=1S/C18H15BrOS/c1-21-15-8-4-12(5-9-15)16-10-11-17(20)18(16)13-2-6-14(19)7-3-13/h2-9H,10-11H2,1H3. The highest BCUT2D eigenvalue weighted by Crippen LogP contribution is 2.38. The van der Waals surface area contributed by atoms with Crippen LogP contribution in [0.5, 0.6) is 0 Å². The van der Waals surface area contributed by atoms with Crippen LogP contribution < -0.4 is 0 Å². The molecule has 0 spiro atoms. The molecule has 1 aliphatic carbocycles. The zero-order valence-electron chi connectivity index (χ0n) is 11.7. The second-order valence-electron chi connectivity index (χ2n) is 5.01. The molecule has 0 N–H and O–H groups in total. The Morgan fingerprint density at radius 1 is 0.905 bits per heavy atom. The van der Waals surface area contributed by atoms with Gasteiger partial charge in [0.05, 0.1) is 0 Å². The number of allylic oxidation sites excluding steroid dienone is 2. The highest BCUT2D eigenvalue weighted by Gasteiger charge is 2.25. The van der Waals surface area contributed by atoms with Gasteiger partial charge in [-0.3, -0.25) is 4.79 Å². The number of carbonyl (C=O) groups excluding carboxylic acids is 1. The minimum Gasteiger partial charge on any atom is -0.294 e. The van der Waals surface area contributed by atoms with Crippen LogP contribution in [0.15, 0.2) is 57.9 Å². The average Bonchev–Trinajstić information content (AvgIpc) is 2.90. The molecule has 0 saturated heterocycles. The van der Waals surface area contributed by atoms with Gasteiger partial charge in [-0.15, -0.1) is 11.8 Å². The molecule has 3 rings (SSSR count). The number of hydrogen-bond acceptors (Lipinski definition) is 2. The molecule has 0 amide bonds. The SMILES string of the molecule is CSc1ccc(C2=C(c3ccc(Br)cc3)C(=O)CC2)cc1. The van der Waals surface area contributed by atoms with Crippen molar-refractivity contribution in [1.82, 2.24) is 0 Å². The summed E-state index contributed by atoms with van der Waals surface area (Å²) in [5.74, 6) is 0.251. The number of halogens is 1. The van der Waals surface area contributed by atoms with E-state index in [4.69, 9.17) is 0 Å². The van der Waals surface area contributed by atoms with Crippen molar-refractivity contribution in [3.63, 3.8) is 0 Å². The normalized spacial score (nSPS) is 14.9. The van der Waals surface area contributed by atoms with Crippen molar-refractivity contribution in [3.8, 4) is 0 Å². The van der Waals surface area contributed by atoms with E-state index in [2.05, 4.69) is 46.5 Å². The summed E-state index contributed by atoms with van der Waals surface area (Å²) in [6, 6.07) is 16.5. The van der Waals surface area contributed by atoms with Gasteiger partial charge in [0, 0.05) is 21.4 Å². The number of ketones is 1. The summed E-state index contributed by atoms with van der Waals surface area (Å²) in [4.78, 5) is 13.5. The molecule has 106 valence electrons. The molecule has 2 aromatic rings. The largest absolute Gasteiger partial charge is 0.294 e. The highest BCUT2D eigenvalue weighted by atomic mass is 79.9. The van der Waals surface area contributed by atoms with E-state index < -0.39 is 0 Å². The molecular formula is C18H15BrOS. The van der Waals surface area contributed by atoms with E-state index in [1.54, 1.807) is 11.8 Å². The van der Waals surface area contributed by atoms with Crippen LogP contribution in [-0.4, -0.2) is 12.0 Å². The fourth-order valence-corrected chi connectivity index (χ4v) is 3.36. The summed E-state index contributed by atoms with van der Waals surface area (Å²) in [7, 11) is 0. The summed E-state index contributed by atoms with van der Waals surface area (Å²) in [5.41, 5.74) is 4.25. The lowest BCUT2D eigenvalue weighted by atomic mass is 9.97. The van der Waals surface area contributed by atoms with Crippen LogP contribution in [0.3, 0.4) is 0 Å². The number of thioether (sulfide) groups is 1. The van der Waals surface area contributed by atoms with E-state index in [1.165, 1.54) is 10.5 Å². The monoisotopic (exact) mass is 358 g/mol. The van der Waals surface area contributed by atoms with Gasteiger partial charge in [-0.05, 0) is 53.6 Å². The minimum absolute atomic E-state index is 0.251. The molecule has 0 aliphatic heterocycles. The maximum absolute atomic E-state index is 12.3. The minimum atomic E-state index is 0.251. The van der Waals surface area contributed by atoms with E-state index in [-0.39, 0.29) is 5.78 Å². The average molecular weight is 359 g/mol. The number of carbonyl (C=O) groups is 1. The van der Waals surface area contributed by atoms with Gasteiger partial charge in [0.1, 0.15) is 0 Å². The van der Waals surface area contributed by atoms with Crippen LogP contribution in [-0.2, 0) is 4.79 Å². The second kappa shape index (κ2) is 6.20. The first kappa shape index (κ1) is 14.6. The summed E-state index contributed by atoms with van der Waals surface area (Å²) < 4.78 is 1.03. The van der Waals surface area contributed by atoms with E-state index in [0.29, 0.717) is 6.42 Å². The van der Waals surface area contributed by atoms with Gasteiger partial charge in [-0.25, -0.2) is 0 Å². The quantitative estimate of drug-likeness (QED) is 0.679. The first-order valence-corrected chi connectivity index (χ1v) is 8.87. The van der Waals surface area contributed by atoms with Crippen LogP contribution in [0.25, 0.3) is 11.1 Å². The molecule has 0 bridgehead atoms. The van der Waals surface area contributed by atoms with Gasteiger partial charge in [-0.1, -0.05) is 40.2 Å². The van der Waals surface area contributed by atoms with Crippen molar-refractivity contribution in [2.24, 2.45) is 0 Å². The van der Waals surface area contributed by atoms with Crippen molar-refractivity contribution >= 4 is 44.6 Å². The third-order valence-corrected chi connectivity index (χ3v) is 5.03. The molecular weight excluding hydrogens is 344 g/mol. The van der Waals surface area contributed by atoms with Crippen molar-refractivity contribution in [3.05, 3.63) is 64.1 Å². The number of benzene rings is 2. The van der Waals surface area contributed by atoms with Crippen LogP contribution >= 0.6 is 27.7 Å². The Balaban J connectivity index is 2.07. The van der Waals surface area contributed by atoms with Gasteiger partial charge < -0.3 is 0 Å². The molecule has 3 heteroatoms. The maximum Gasteiger partial charge on any atom is 0.164 e. The first-order valence-electron chi connectivity index (χ1n) is 6.86. The van der Waals surface area contributed by atoms with Crippen molar-refractivity contribution in [2.45, 2.75) is 17.7 Å². The van der Waals surface area contributed by atoms with Gasteiger partial charge in [0.2, 0.25) is 0 Å². The smallest absolute Gasteiger partial charge is 0.164 e. The van der Waals surface area contributed by atoms with Gasteiger partial charge >= 0.3 is 0 Å². The zero-order valence-corrected chi connectivity index (χ0v) is 14.1. The molecule has 0 heterocycles. The Kier molecular flexibility index (Phi) is 4.32. The Hall–Kier alpha value is -1.32. The van der Waals surface area contributed by atoms with Crippen LogP contribution in [0.1, 0.15) is 24.0 Å². The van der Waals surface area contributed by atoms with E-state index >= 15 is 0 Å². The number of Topliss-reactive ketones (excluding diaryl/α,β-unsaturated/α-hetero) is 1. The molecule has 1 aliphatic rings. The summed E-state index contributed by atoms with van der Waals surface area (Å²) in [5, 5.41) is 0. The Bertz CT molecular complexity index is 699. The maximum atomic E-state index is 12.3. The molecule has 0 radical (unpaired) electrons. The molecule has 2 aromatic carbocycles. The van der Waals surface area contributed by atoms with Gasteiger partial charge in [-0.2, -0.15) is 0 Å². The lowest BCUT2D eigenvalue weighted by Crippen LogP contribution is -1.95. The fourth-order valence-electron chi connectivity index (χ4n) is 2.69. The topological polar surface area (TPSA) is 17.1 Å². The summed E-state index contributed by atoms with van der Waals surface area (Å²) in [6.45, 7) is 0. The molecule has 0 atom stereocenters. The third-order valence-electron chi connectivity index (χ3n) is 3.75. The summed E-state index contributed by atoms with van der Waals surface area (Å²) in [6.07, 6.45) is 3.52. The van der Waals surface area contributed by atoms with Crippen LogP contribution in [0.4, 0.5) is 0 Å². The van der Waals surface area contributed by atoms with E-state index in [9.17, 15) is 4.79 Å².